The van der Waals surface area contributed by atoms with E-state index in [2.05, 4.69) is 5.32 Å². The number of aliphatic hydroxyl groups is 1. The largest absolute Gasteiger partial charge is 0.394 e. The molecule has 1 aromatic carbocycles. The van der Waals surface area contributed by atoms with Gasteiger partial charge in [-0.1, -0.05) is 19.9 Å². The minimum atomic E-state index is -0.586. The third-order valence-corrected chi connectivity index (χ3v) is 2.91. The molecule has 1 aromatic rings. The predicted molar refractivity (Wildman–Crippen MR) is 71.0 cm³/mol. The van der Waals surface area contributed by atoms with Crippen molar-refractivity contribution in [1.29, 1.82) is 0 Å². The number of aliphatic hydroxyl groups excluding tert-OH is 1. The number of carbonyl (C=O) groups excluding carboxylic acids is 1. The molecule has 1 rings (SSSR count). The lowest BCUT2D eigenvalue weighted by Crippen LogP contribution is -2.41. The molecule has 2 N–H and O–H groups in total. The van der Waals surface area contributed by atoms with Crippen molar-refractivity contribution in [3.05, 3.63) is 39.4 Å². The zero-order valence-corrected chi connectivity index (χ0v) is 11.2. The van der Waals surface area contributed by atoms with Crippen molar-refractivity contribution in [2.75, 3.05) is 6.61 Å². The summed E-state index contributed by atoms with van der Waals surface area (Å²) in [7, 11) is 0. The SMILES string of the molecule is Cc1ccc([N+](=O)[O-])c(C(=O)NC(CO)C(C)C)c1. The normalized spacial score (nSPS) is 12.3. The fourth-order valence-corrected chi connectivity index (χ4v) is 1.66. The molecule has 6 nitrogen and oxygen atoms in total. The summed E-state index contributed by atoms with van der Waals surface area (Å²) in [6.45, 7) is 5.26. The molecule has 0 aliphatic rings. The highest BCUT2D eigenvalue weighted by atomic mass is 16.6. The Labute approximate surface area is 111 Å². The van der Waals surface area contributed by atoms with E-state index in [-0.39, 0.29) is 23.8 Å². The van der Waals surface area contributed by atoms with Crippen LogP contribution in [0.2, 0.25) is 0 Å². The van der Waals surface area contributed by atoms with Crippen LogP contribution in [0, 0.1) is 23.0 Å². The Bertz CT molecular complexity index is 486. The highest BCUT2D eigenvalue weighted by molar-refractivity contribution is 5.98. The predicted octanol–water partition coefficient (Wildman–Crippen LogP) is 1.65. The van der Waals surface area contributed by atoms with Gasteiger partial charge in [-0.15, -0.1) is 0 Å². The maximum Gasteiger partial charge on any atom is 0.282 e. The number of carbonyl (C=O) groups is 1. The van der Waals surface area contributed by atoms with Crippen molar-refractivity contribution < 1.29 is 14.8 Å². The van der Waals surface area contributed by atoms with Gasteiger partial charge in [0.05, 0.1) is 17.6 Å². The molecule has 6 heteroatoms. The fraction of sp³-hybridized carbons (Fsp3) is 0.462. The summed E-state index contributed by atoms with van der Waals surface area (Å²) in [5.41, 5.74) is 0.550. The smallest absolute Gasteiger partial charge is 0.282 e. The van der Waals surface area contributed by atoms with Gasteiger partial charge >= 0.3 is 0 Å². The lowest BCUT2D eigenvalue weighted by Gasteiger charge is -2.19. The molecule has 0 fully saturated rings. The zero-order valence-electron chi connectivity index (χ0n) is 11.2. The van der Waals surface area contributed by atoms with Crippen LogP contribution >= 0.6 is 0 Å². The number of hydrogen-bond donors (Lipinski definition) is 2. The minimum Gasteiger partial charge on any atom is -0.394 e. The van der Waals surface area contributed by atoms with Crippen molar-refractivity contribution >= 4 is 11.6 Å². The second-order valence-corrected chi connectivity index (χ2v) is 4.78. The lowest BCUT2D eigenvalue weighted by molar-refractivity contribution is -0.385. The first-order chi connectivity index (χ1) is 8.86. The Morgan fingerprint density at radius 3 is 2.58 bits per heavy atom. The molecule has 0 saturated carbocycles. The maximum atomic E-state index is 12.1. The van der Waals surface area contributed by atoms with Gasteiger partial charge in [0.1, 0.15) is 5.56 Å². The lowest BCUT2D eigenvalue weighted by atomic mass is 10.0. The van der Waals surface area contributed by atoms with E-state index in [0.717, 1.165) is 5.56 Å². The average molecular weight is 266 g/mol. The summed E-state index contributed by atoms with van der Waals surface area (Å²) < 4.78 is 0. The van der Waals surface area contributed by atoms with Crippen LogP contribution in [0.5, 0.6) is 0 Å². The van der Waals surface area contributed by atoms with Crippen LogP contribution in [-0.2, 0) is 0 Å². The molecule has 19 heavy (non-hydrogen) atoms. The van der Waals surface area contributed by atoms with Crippen molar-refractivity contribution in [3.63, 3.8) is 0 Å². The first kappa shape index (κ1) is 15.1. The van der Waals surface area contributed by atoms with Gasteiger partial charge in [0.15, 0.2) is 0 Å². The number of amides is 1. The van der Waals surface area contributed by atoms with E-state index in [1.807, 2.05) is 13.8 Å². The number of nitrogens with zero attached hydrogens (tertiary/aromatic N) is 1. The topological polar surface area (TPSA) is 92.5 Å². The first-order valence-electron chi connectivity index (χ1n) is 6.03. The summed E-state index contributed by atoms with van der Waals surface area (Å²) in [6, 6.07) is 3.95. The summed E-state index contributed by atoms with van der Waals surface area (Å²) in [6.07, 6.45) is 0. The van der Waals surface area contributed by atoms with Crippen molar-refractivity contribution in [2.24, 2.45) is 5.92 Å². The Morgan fingerprint density at radius 2 is 2.11 bits per heavy atom. The summed E-state index contributed by atoms with van der Waals surface area (Å²) in [5.74, 6) is -0.499. The van der Waals surface area contributed by atoms with Crippen LogP contribution in [0.25, 0.3) is 0 Å². The van der Waals surface area contributed by atoms with Crippen LogP contribution < -0.4 is 5.32 Å². The third kappa shape index (κ3) is 3.75. The number of nitro benzene ring substituents is 1. The van der Waals surface area contributed by atoms with Gasteiger partial charge in [0.2, 0.25) is 0 Å². The second kappa shape index (κ2) is 6.29. The van der Waals surface area contributed by atoms with Gasteiger partial charge in [-0.25, -0.2) is 0 Å². The van der Waals surface area contributed by atoms with Gasteiger partial charge in [0.25, 0.3) is 11.6 Å². The molecule has 1 amide bonds. The van der Waals surface area contributed by atoms with Crippen molar-refractivity contribution in [2.45, 2.75) is 26.8 Å². The van der Waals surface area contributed by atoms with Crippen LogP contribution in [0.3, 0.4) is 0 Å². The highest BCUT2D eigenvalue weighted by Crippen LogP contribution is 2.20. The molecular formula is C13H18N2O4. The van der Waals surface area contributed by atoms with E-state index in [1.165, 1.54) is 12.1 Å². The summed E-state index contributed by atoms with van der Waals surface area (Å²) in [4.78, 5) is 22.4. The van der Waals surface area contributed by atoms with Crippen molar-refractivity contribution in [3.8, 4) is 0 Å². The molecule has 0 aromatic heterocycles. The molecule has 1 atom stereocenters. The van der Waals surface area contributed by atoms with Crippen LogP contribution in [-0.4, -0.2) is 28.6 Å². The molecule has 0 saturated heterocycles. The van der Waals surface area contributed by atoms with E-state index >= 15 is 0 Å². The van der Waals surface area contributed by atoms with Crippen LogP contribution in [0.4, 0.5) is 5.69 Å². The van der Waals surface area contributed by atoms with E-state index < -0.39 is 16.9 Å². The molecule has 0 bridgehead atoms. The fourth-order valence-electron chi connectivity index (χ4n) is 1.66. The molecule has 0 aliphatic heterocycles. The van der Waals surface area contributed by atoms with Crippen molar-refractivity contribution in [1.82, 2.24) is 5.32 Å². The van der Waals surface area contributed by atoms with Crippen LogP contribution in [0.15, 0.2) is 18.2 Å². The second-order valence-electron chi connectivity index (χ2n) is 4.78. The summed E-state index contributed by atoms with van der Waals surface area (Å²) >= 11 is 0. The molecule has 0 heterocycles. The number of benzene rings is 1. The van der Waals surface area contributed by atoms with Gasteiger partial charge in [-0.05, 0) is 24.5 Å². The number of hydrogen-bond acceptors (Lipinski definition) is 4. The van der Waals surface area contributed by atoms with Gasteiger partial charge in [0, 0.05) is 6.07 Å². The Balaban J connectivity index is 3.05. The Kier molecular flexibility index (Phi) is 5.00. The Hall–Kier alpha value is -1.95. The maximum absolute atomic E-state index is 12.1. The van der Waals surface area contributed by atoms with E-state index in [4.69, 9.17) is 0 Å². The Morgan fingerprint density at radius 1 is 1.47 bits per heavy atom. The standard InChI is InChI=1S/C13H18N2O4/c1-8(2)11(7-16)14-13(17)10-6-9(3)4-5-12(10)15(18)19/h4-6,8,11,16H,7H2,1-3H3,(H,14,17). The minimum absolute atomic E-state index is 0.0177. The molecular weight excluding hydrogens is 248 g/mol. The number of rotatable bonds is 5. The first-order valence-corrected chi connectivity index (χ1v) is 6.03. The number of nitrogens with one attached hydrogen (secondary N) is 1. The molecule has 1 unspecified atom stereocenters. The molecule has 0 aliphatic carbocycles. The van der Waals surface area contributed by atoms with Gasteiger partial charge < -0.3 is 10.4 Å². The van der Waals surface area contributed by atoms with E-state index in [0.29, 0.717) is 0 Å². The zero-order chi connectivity index (χ0) is 14.6. The molecule has 104 valence electrons. The van der Waals surface area contributed by atoms with Crippen LogP contribution in [0.1, 0.15) is 29.8 Å². The van der Waals surface area contributed by atoms with E-state index in [9.17, 15) is 20.0 Å². The number of aryl methyl sites for hydroxylation is 1. The number of nitro groups is 1. The summed E-state index contributed by atoms with van der Waals surface area (Å²) in [5, 5.41) is 22.7. The average Bonchev–Trinajstić information content (AvgIpc) is 2.34. The highest BCUT2D eigenvalue weighted by Gasteiger charge is 2.23. The third-order valence-electron chi connectivity index (χ3n) is 2.91. The molecule has 0 spiro atoms. The monoisotopic (exact) mass is 266 g/mol. The van der Waals surface area contributed by atoms with Gasteiger partial charge in [-0.3, -0.25) is 14.9 Å². The van der Waals surface area contributed by atoms with E-state index in [1.54, 1.807) is 13.0 Å². The van der Waals surface area contributed by atoms with Gasteiger partial charge in [-0.2, -0.15) is 0 Å². The quantitative estimate of drug-likeness (QED) is 0.626. The molecule has 0 radical (unpaired) electrons.